The van der Waals surface area contributed by atoms with Gasteiger partial charge in [0.25, 0.3) is 0 Å². The van der Waals surface area contributed by atoms with Crippen molar-refractivity contribution in [1.29, 1.82) is 0 Å². The molecule has 2 aliphatic rings. The van der Waals surface area contributed by atoms with Gasteiger partial charge in [0.05, 0.1) is 23.7 Å². The van der Waals surface area contributed by atoms with E-state index in [-0.39, 0.29) is 11.7 Å². The molecule has 7 heteroatoms. The van der Waals surface area contributed by atoms with E-state index in [0.29, 0.717) is 5.92 Å². The molecule has 0 radical (unpaired) electrons. The van der Waals surface area contributed by atoms with E-state index in [0.717, 1.165) is 39.3 Å². The van der Waals surface area contributed by atoms with Crippen molar-refractivity contribution in [2.75, 3.05) is 16.6 Å². The first-order valence-corrected chi connectivity index (χ1v) is 14.7. The summed E-state index contributed by atoms with van der Waals surface area (Å²) in [7, 11) is 0. The van der Waals surface area contributed by atoms with Gasteiger partial charge in [-0.1, -0.05) is 98.3 Å². The van der Waals surface area contributed by atoms with E-state index < -0.39 is 11.0 Å². The highest BCUT2D eigenvalue weighted by molar-refractivity contribution is 8.16. The van der Waals surface area contributed by atoms with Crippen LogP contribution in [0.2, 0.25) is 0 Å². The summed E-state index contributed by atoms with van der Waals surface area (Å²) in [6, 6.07) is 35.2. The van der Waals surface area contributed by atoms with Gasteiger partial charge in [-0.05, 0) is 61.4 Å². The van der Waals surface area contributed by atoms with Gasteiger partial charge in [0.2, 0.25) is 10.0 Å². The van der Waals surface area contributed by atoms with Crippen LogP contribution < -0.4 is 10.0 Å². The molecule has 0 N–H and O–H groups in total. The van der Waals surface area contributed by atoms with E-state index in [9.17, 15) is 4.79 Å². The summed E-state index contributed by atoms with van der Waals surface area (Å²) >= 11 is 1.36. The maximum atomic E-state index is 13.2. The molecule has 41 heavy (non-hydrogen) atoms. The molecule has 0 bridgehead atoms. The van der Waals surface area contributed by atoms with Crippen LogP contribution in [0.4, 0.5) is 11.4 Å². The van der Waals surface area contributed by atoms with Crippen LogP contribution in [-0.2, 0) is 14.5 Å². The van der Waals surface area contributed by atoms with Gasteiger partial charge >= 0.3 is 5.97 Å². The van der Waals surface area contributed by atoms with Crippen molar-refractivity contribution in [3.8, 4) is 0 Å². The van der Waals surface area contributed by atoms with Crippen LogP contribution in [0.1, 0.15) is 54.5 Å². The van der Waals surface area contributed by atoms with Crippen LogP contribution in [0.3, 0.4) is 0 Å². The molecule has 0 aliphatic carbocycles. The minimum Gasteiger partial charge on any atom is -0.461 e. The molecule has 0 aromatic heterocycles. The van der Waals surface area contributed by atoms with E-state index in [1.54, 1.807) is 6.92 Å². The highest BCUT2D eigenvalue weighted by Crippen LogP contribution is 2.55. The lowest BCUT2D eigenvalue weighted by Gasteiger charge is -2.47. The Labute approximate surface area is 245 Å². The fourth-order valence-corrected chi connectivity index (χ4v) is 6.49. The molecule has 2 aliphatic heterocycles. The topological polar surface area (TPSA) is 57.5 Å². The largest absolute Gasteiger partial charge is 0.461 e. The Morgan fingerprint density at radius 1 is 0.829 bits per heavy atom. The lowest BCUT2D eigenvalue weighted by molar-refractivity contribution is -0.134. The Bertz CT molecular complexity index is 1630. The van der Waals surface area contributed by atoms with Crippen molar-refractivity contribution >= 4 is 39.9 Å². The van der Waals surface area contributed by atoms with Gasteiger partial charge in [-0.15, -0.1) is 0 Å². The second-order valence-electron chi connectivity index (χ2n) is 10.4. The van der Waals surface area contributed by atoms with Gasteiger partial charge in [-0.3, -0.25) is 0 Å². The average molecular weight is 561 g/mol. The minimum absolute atomic E-state index is 0.267. The average Bonchev–Trinajstić information content (AvgIpc) is 3.39. The molecular weight excluding hydrogens is 528 g/mol. The first-order chi connectivity index (χ1) is 19.9. The summed E-state index contributed by atoms with van der Waals surface area (Å²) in [4.78, 5) is 12.2. The first-order valence-electron chi connectivity index (χ1n) is 13.9. The third kappa shape index (κ3) is 4.70. The number of nitrogens with zero attached hydrogens (tertiary/aromatic N) is 4. The third-order valence-electron chi connectivity index (χ3n) is 7.32. The van der Waals surface area contributed by atoms with Gasteiger partial charge in [0.1, 0.15) is 0 Å². The number of hydrogen-bond acceptors (Lipinski definition) is 7. The summed E-state index contributed by atoms with van der Waals surface area (Å²) in [6.07, 6.45) is 0. The summed E-state index contributed by atoms with van der Waals surface area (Å²) in [6.45, 7) is 8.52. The second kappa shape index (κ2) is 10.9. The number of rotatable bonds is 6. The molecule has 6 rings (SSSR count). The van der Waals surface area contributed by atoms with E-state index >= 15 is 0 Å². The molecular formula is C34H32N4O2S. The molecule has 4 aromatic carbocycles. The van der Waals surface area contributed by atoms with Gasteiger partial charge in [0.15, 0.2) is 0 Å². The number of carbonyl (C=O) groups is 1. The lowest BCUT2D eigenvalue weighted by Crippen LogP contribution is -2.54. The molecule has 1 spiro atoms. The number of carbonyl (C=O) groups excluding carboxylic acids is 1. The summed E-state index contributed by atoms with van der Waals surface area (Å²) < 4.78 is 5.44. The van der Waals surface area contributed by atoms with Crippen molar-refractivity contribution in [2.45, 2.75) is 38.6 Å². The Morgan fingerprint density at radius 2 is 1.46 bits per heavy atom. The molecule has 0 saturated carbocycles. The van der Waals surface area contributed by atoms with Gasteiger partial charge in [-0.2, -0.15) is 10.2 Å². The molecule has 1 atom stereocenters. The summed E-state index contributed by atoms with van der Waals surface area (Å²) in [5.41, 5.74) is 7.99. The molecule has 0 unspecified atom stereocenters. The van der Waals surface area contributed by atoms with Crippen LogP contribution in [0, 0.1) is 6.92 Å². The predicted molar refractivity (Wildman–Crippen MR) is 169 cm³/mol. The number of benzene rings is 4. The zero-order valence-corrected chi connectivity index (χ0v) is 24.4. The van der Waals surface area contributed by atoms with Gasteiger partial charge in [-0.25, -0.2) is 14.8 Å². The monoisotopic (exact) mass is 560 g/mol. The number of fused-ring (bicyclic) bond motifs is 2. The van der Waals surface area contributed by atoms with Crippen molar-refractivity contribution in [3.05, 3.63) is 131 Å². The van der Waals surface area contributed by atoms with Crippen LogP contribution in [-0.4, -0.2) is 23.3 Å². The quantitative estimate of drug-likeness (QED) is 0.227. The normalized spacial score (nSPS) is 17.9. The number of anilines is 2. The van der Waals surface area contributed by atoms with Crippen LogP contribution in [0.25, 0.3) is 0 Å². The molecule has 2 heterocycles. The zero-order valence-electron chi connectivity index (χ0n) is 23.6. The fraction of sp³-hybridized carbons (Fsp3) is 0.206. The van der Waals surface area contributed by atoms with E-state index in [4.69, 9.17) is 14.9 Å². The van der Waals surface area contributed by atoms with E-state index in [1.165, 1.54) is 17.3 Å². The molecule has 6 nitrogen and oxygen atoms in total. The predicted octanol–water partition coefficient (Wildman–Crippen LogP) is 7.63. The number of hydrazone groups is 2. The highest BCUT2D eigenvalue weighted by atomic mass is 32.2. The maximum Gasteiger partial charge on any atom is 0.365 e. The first kappa shape index (κ1) is 26.8. The Balaban J connectivity index is 1.61. The molecule has 0 amide bonds. The van der Waals surface area contributed by atoms with Crippen LogP contribution in [0.15, 0.2) is 113 Å². The smallest absolute Gasteiger partial charge is 0.365 e. The van der Waals surface area contributed by atoms with Crippen LogP contribution >= 0.6 is 11.8 Å². The minimum atomic E-state index is -1.02. The molecule has 0 fully saturated rings. The SMILES string of the molecule is CCOC(=O)C1=NN(c2ccc(C)cc2)[C@@]2(S1)c1ccccc1C(c1ccc(C(C)C)cc1)=NN2c1ccccc1. The zero-order chi connectivity index (χ0) is 28.6. The Hall–Kier alpha value is -4.36. The number of para-hydroxylation sites is 1. The summed E-state index contributed by atoms with van der Waals surface area (Å²) in [5, 5.41) is 14.5. The molecule has 4 aromatic rings. The second-order valence-corrected chi connectivity index (χ2v) is 11.6. The maximum absolute atomic E-state index is 13.2. The van der Waals surface area contributed by atoms with Gasteiger partial charge in [0, 0.05) is 16.7 Å². The van der Waals surface area contributed by atoms with E-state index in [2.05, 4.69) is 69.3 Å². The third-order valence-corrected chi connectivity index (χ3v) is 8.61. The van der Waals surface area contributed by atoms with Crippen molar-refractivity contribution in [3.63, 3.8) is 0 Å². The number of hydrogen-bond donors (Lipinski definition) is 0. The number of esters is 1. The van der Waals surface area contributed by atoms with Crippen LogP contribution in [0.5, 0.6) is 0 Å². The van der Waals surface area contributed by atoms with Crippen molar-refractivity contribution in [2.24, 2.45) is 10.2 Å². The van der Waals surface area contributed by atoms with Crippen molar-refractivity contribution < 1.29 is 9.53 Å². The lowest BCUT2D eigenvalue weighted by atomic mass is 9.92. The molecule has 206 valence electrons. The van der Waals surface area contributed by atoms with Gasteiger partial charge < -0.3 is 4.74 Å². The number of ether oxygens (including phenoxy) is 1. The Kier molecular flexibility index (Phi) is 7.14. The summed E-state index contributed by atoms with van der Waals surface area (Å²) in [5.74, 6) is -0.0128. The van der Waals surface area contributed by atoms with E-state index in [1.807, 2.05) is 64.6 Å². The highest BCUT2D eigenvalue weighted by Gasteiger charge is 2.56. The Morgan fingerprint density at radius 3 is 2.15 bits per heavy atom. The number of aryl methyl sites for hydroxylation is 1. The molecule has 0 saturated heterocycles. The number of thioether (sulfide) groups is 1. The standard InChI is InChI=1S/C34H32N4O2S/c1-5-40-33(39)32-36-38(28-21-15-24(4)16-22-28)34(41-32)30-14-10-9-13-29(30)31(26-19-17-25(18-20-26)23(2)3)35-37(34)27-11-7-6-8-12-27/h6-23H,5H2,1-4H3/t34-/m1/s1. The van der Waals surface area contributed by atoms with Crippen molar-refractivity contribution in [1.82, 2.24) is 0 Å². The fourth-order valence-electron chi connectivity index (χ4n) is 5.20.